The van der Waals surface area contributed by atoms with Gasteiger partial charge in [-0.3, -0.25) is 19.3 Å². The van der Waals surface area contributed by atoms with E-state index >= 15 is 0 Å². The zero-order valence-electron chi connectivity index (χ0n) is 14.2. The number of carbonyl (C=O) groups is 3. The van der Waals surface area contributed by atoms with Crippen LogP contribution in [0.15, 0.2) is 22.8 Å². The van der Waals surface area contributed by atoms with Gasteiger partial charge in [0.1, 0.15) is 18.9 Å². The van der Waals surface area contributed by atoms with Gasteiger partial charge in [0.2, 0.25) is 17.7 Å². The molecule has 2 unspecified atom stereocenters. The van der Waals surface area contributed by atoms with Gasteiger partial charge in [-0.05, 0) is 31.4 Å². The van der Waals surface area contributed by atoms with Crippen molar-refractivity contribution in [2.24, 2.45) is 11.8 Å². The van der Waals surface area contributed by atoms with Crippen molar-refractivity contribution in [3.05, 3.63) is 24.2 Å². The third-order valence-electron chi connectivity index (χ3n) is 4.85. The predicted molar refractivity (Wildman–Crippen MR) is 88.2 cm³/mol. The first-order valence-corrected chi connectivity index (χ1v) is 8.89. The lowest BCUT2D eigenvalue weighted by Gasteiger charge is -2.19. The number of carbonyl (C=O) groups excluding carboxylic acids is 3. The van der Waals surface area contributed by atoms with Crippen molar-refractivity contribution in [1.29, 1.82) is 0 Å². The molecule has 0 radical (unpaired) electrons. The summed E-state index contributed by atoms with van der Waals surface area (Å²) in [5.41, 5.74) is 0. The normalized spacial score (nSPS) is 23.0. The van der Waals surface area contributed by atoms with Crippen LogP contribution in [-0.2, 0) is 25.7 Å². The topological polar surface area (TPSA) is 88.9 Å². The van der Waals surface area contributed by atoms with Gasteiger partial charge in [0.25, 0.3) is 0 Å². The van der Waals surface area contributed by atoms with E-state index in [1.54, 1.807) is 12.3 Å². The number of furan rings is 1. The van der Waals surface area contributed by atoms with Crippen LogP contribution in [0, 0.1) is 11.8 Å². The SMILES string of the molecule is O=C(CN1C(=O)C2CCCCC2C1=O)NCCCOCc1ccco1. The minimum Gasteiger partial charge on any atom is -0.467 e. The second kappa shape index (κ2) is 8.29. The number of fused-ring (bicyclic) bond motifs is 1. The summed E-state index contributed by atoms with van der Waals surface area (Å²) in [7, 11) is 0. The van der Waals surface area contributed by atoms with E-state index in [1.165, 1.54) is 0 Å². The smallest absolute Gasteiger partial charge is 0.240 e. The summed E-state index contributed by atoms with van der Waals surface area (Å²) in [6, 6.07) is 3.64. The molecule has 2 fully saturated rings. The highest BCUT2D eigenvalue weighted by Crippen LogP contribution is 2.37. The fourth-order valence-electron chi connectivity index (χ4n) is 3.56. The number of amides is 3. The van der Waals surface area contributed by atoms with Gasteiger partial charge in [-0.1, -0.05) is 12.8 Å². The predicted octanol–water partition coefficient (Wildman–Crippen LogP) is 1.48. The summed E-state index contributed by atoms with van der Waals surface area (Å²) < 4.78 is 10.6. The molecule has 2 heterocycles. The third-order valence-corrected chi connectivity index (χ3v) is 4.85. The molecule has 1 aromatic heterocycles. The molecule has 136 valence electrons. The molecule has 1 aromatic rings. The molecule has 0 aromatic carbocycles. The molecule has 2 atom stereocenters. The van der Waals surface area contributed by atoms with Crippen molar-refractivity contribution in [3.63, 3.8) is 0 Å². The lowest BCUT2D eigenvalue weighted by atomic mass is 9.81. The second-order valence-corrected chi connectivity index (χ2v) is 6.60. The number of rotatable bonds is 8. The van der Waals surface area contributed by atoms with Crippen LogP contribution in [0.2, 0.25) is 0 Å². The van der Waals surface area contributed by atoms with Crippen LogP contribution in [-0.4, -0.2) is 42.3 Å². The van der Waals surface area contributed by atoms with Crippen molar-refractivity contribution in [3.8, 4) is 0 Å². The van der Waals surface area contributed by atoms with E-state index in [-0.39, 0.29) is 36.1 Å². The number of hydrogen-bond acceptors (Lipinski definition) is 5. The lowest BCUT2D eigenvalue weighted by Crippen LogP contribution is -2.41. The highest BCUT2D eigenvalue weighted by atomic mass is 16.5. The Morgan fingerprint density at radius 3 is 2.60 bits per heavy atom. The molecular weight excluding hydrogens is 324 g/mol. The Hall–Kier alpha value is -2.15. The Bertz CT molecular complexity index is 589. The van der Waals surface area contributed by atoms with E-state index in [9.17, 15) is 14.4 Å². The van der Waals surface area contributed by atoms with Crippen LogP contribution < -0.4 is 5.32 Å². The Labute approximate surface area is 146 Å². The quantitative estimate of drug-likeness (QED) is 0.568. The number of imide groups is 1. The maximum atomic E-state index is 12.3. The lowest BCUT2D eigenvalue weighted by molar-refractivity contribution is -0.143. The van der Waals surface area contributed by atoms with Gasteiger partial charge in [-0.15, -0.1) is 0 Å². The van der Waals surface area contributed by atoms with E-state index in [4.69, 9.17) is 9.15 Å². The van der Waals surface area contributed by atoms with Gasteiger partial charge in [-0.25, -0.2) is 0 Å². The summed E-state index contributed by atoms with van der Waals surface area (Å²) in [6.07, 6.45) is 5.74. The Morgan fingerprint density at radius 1 is 1.24 bits per heavy atom. The van der Waals surface area contributed by atoms with E-state index in [0.717, 1.165) is 36.3 Å². The Balaban J connectivity index is 1.33. The monoisotopic (exact) mass is 348 g/mol. The fourth-order valence-corrected chi connectivity index (χ4v) is 3.56. The molecule has 0 spiro atoms. The summed E-state index contributed by atoms with van der Waals surface area (Å²) in [5.74, 6) is -0.297. The summed E-state index contributed by atoms with van der Waals surface area (Å²) in [6.45, 7) is 1.17. The largest absolute Gasteiger partial charge is 0.467 e. The molecule has 7 heteroatoms. The van der Waals surface area contributed by atoms with Gasteiger partial charge in [-0.2, -0.15) is 0 Å². The van der Waals surface area contributed by atoms with Crippen LogP contribution in [0.4, 0.5) is 0 Å². The van der Waals surface area contributed by atoms with E-state index in [0.29, 0.717) is 26.2 Å². The highest BCUT2D eigenvalue weighted by Gasteiger charge is 2.48. The van der Waals surface area contributed by atoms with Gasteiger partial charge < -0.3 is 14.5 Å². The van der Waals surface area contributed by atoms with Crippen molar-refractivity contribution >= 4 is 17.7 Å². The number of nitrogens with zero attached hydrogens (tertiary/aromatic N) is 1. The first-order valence-electron chi connectivity index (χ1n) is 8.89. The van der Waals surface area contributed by atoms with Crippen molar-refractivity contribution in [2.45, 2.75) is 38.7 Å². The molecule has 0 bridgehead atoms. The second-order valence-electron chi connectivity index (χ2n) is 6.60. The maximum Gasteiger partial charge on any atom is 0.240 e. The molecule has 7 nitrogen and oxygen atoms in total. The van der Waals surface area contributed by atoms with E-state index < -0.39 is 0 Å². The molecule has 1 saturated heterocycles. The van der Waals surface area contributed by atoms with Crippen LogP contribution >= 0.6 is 0 Å². The van der Waals surface area contributed by atoms with Gasteiger partial charge >= 0.3 is 0 Å². The zero-order chi connectivity index (χ0) is 17.6. The summed E-state index contributed by atoms with van der Waals surface area (Å²) in [4.78, 5) is 37.8. The van der Waals surface area contributed by atoms with Crippen molar-refractivity contribution in [1.82, 2.24) is 10.2 Å². The molecule has 1 saturated carbocycles. The van der Waals surface area contributed by atoms with Crippen LogP contribution in [0.1, 0.15) is 37.9 Å². The minimum absolute atomic E-state index is 0.169. The highest BCUT2D eigenvalue weighted by molar-refractivity contribution is 6.07. The fraction of sp³-hybridized carbons (Fsp3) is 0.611. The van der Waals surface area contributed by atoms with Crippen molar-refractivity contribution in [2.75, 3.05) is 19.7 Å². The van der Waals surface area contributed by atoms with E-state index in [1.807, 2.05) is 6.07 Å². The van der Waals surface area contributed by atoms with Crippen molar-refractivity contribution < 1.29 is 23.5 Å². The van der Waals surface area contributed by atoms with E-state index in [2.05, 4.69) is 5.32 Å². The average molecular weight is 348 g/mol. The number of likely N-dealkylation sites (tertiary alicyclic amines) is 1. The van der Waals surface area contributed by atoms with Crippen LogP contribution in [0.5, 0.6) is 0 Å². The molecule has 2 aliphatic rings. The average Bonchev–Trinajstić information content (AvgIpc) is 3.22. The van der Waals surface area contributed by atoms with Gasteiger partial charge in [0, 0.05) is 13.2 Å². The molecule has 1 aliphatic heterocycles. The molecule has 3 amide bonds. The summed E-state index contributed by atoms with van der Waals surface area (Å²) in [5, 5.41) is 2.74. The molecule has 25 heavy (non-hydrogen) atoms. The molecule has 3 rings (SSSR count). The maximum absolute atomic E-state index is 12.3. The zero-order valence-corrected chi connectivity index (χ0v) is 14.2. The standard InChI is InChI=1S/C18H24N2O5/c21-16(19-8-4-9-24-12-13-5-3-10-25-13)11-20-17(22)14-6-1-2-7-15(14)18(20)23/h3,5,10,14-15H,1-2,4,6-9,11-12H2,(H,19,21). The van der Waals surface area contributed by atoms with Gasteiger partial charge in [0.15, 0.2) is 0 Å². The minimum atomic E-state index is -0.300. The first-order chi connectivity index (χ1) is 12.2. The molecular formula is C18H24N2O5. The number of nitrogens with one attached hydrogen (secondary N) is 1. The first kappa shape index (κ1) is 17.7. The molecule has 1 aliphatic carbocycles. The number of hydrogen-bond donors (Lipinski definition) is 1. The van der Waals surface area contributed by atoms with Crippen LogP contribution in [0.25, 0.3) is 0 Å². The number of ether oxygens (including phenoxy) is 1. The summed E-state index contributed by atoms with van der Waals surface area (Å²) >= 11 is 0. The van der Waals surface area contributed by atoms with Crippen LogP contribution in [0.3, 0.4) is 0 Å². The Kier molecular flexibility index (Phi) is 5.86. The van der Waals surface area contributed by atoms with Gasteiger partial charge in [0.05, 0.1) is 18.1 Å². The Morgan fingerprint density at radius 2 is 1.96 bits per heavy atom. The third kappa shape index (κ3) is 4.28. The molecule has 1 N–H and O–H groups in total.